The molecular weight excluding hydrogens is 284 g/mol. The molecule has 0 N–H and O–H groups in total. The Bertz CT molecular complexity index is 684. The summed E-state index contributed by atoms with van der Waals surface area (Å²) >= 11 is 4.27. The summed E-state index contributed by atoms with van der Waals surface area (Å²) in [5, 5.41) is 2.91. The standard InChI is InChI=1S/C12H8N2OS3/c1-7(15)17-12-14-9(6-16-12)11-13-8-4-2-3-5-10(8)18-11/h2-6H,1H3. The number of rotatable bonds is 2. The van der Waals surface area contributed by atoms with Crippen LogP contribution in [0.4, 0.5) is 0 Å². The van der Waals surface area contributed by atoms with E-state index in [0.717, 1.165) is 25.3 Å². The number of benzene rings is 1. The number of carbonyl (C=O) groups is 1. The Morgan fingerprint density at radius 2 is 2.11 bits per heavy atom. The van der Waals surface area contributed by atoms with Crippen molar-refractivity contribution < 1.29 is 4.79 Å². The first kappa shape index (κ1) is 11.8. The largest absolute Gasteiger partial charge is 0.287 e. The number of carbonyl (C=O) groups excluding carboxylic acids is 1. The molecule has 2 heterocycles. The fourth-order valence-electron chi connectivity index (χ4n) is 1.51. The Morgan fingerprint density at radius 3 is 2.89 bits per heavy atom. The smallest absolute Gasteiger partial charge is 0.192 e. The van der Waals surface area contributed by atoms with Gasteiger partial charge in [0, 0.05) is 12.3 Å². The molecule has 0 fully saturated rings. The molecule has 0 atom stereocenters. The van der Waals surface area contributed by atoms with Crippen LogP contribution in [0.25, 0.3) is 20.9 Å². The van der Waals surface area contributed by atoms with Crippen molar-refractivity contribution in [2.45, 2.75) is 11.3 Å². The predicted molar refractivity (Wildman–Crippen MR) is 77.3 cm³/mol. The maximum Gasteiger partial charge on any atom is 0.192 e. The van der Waals surface area contributed by atoms with Crippen molar-refractivity contribution in [3.8, 4) is 10.7 Å². The normalized spacial score (nSPS) is 10.9. The van der Waals surface area contributed by atoms with Gasteiger partial charge in [0.2, 0.25) is 0 Å². The van der Waals surface area contributed by atoms with Crippen molar-refractivity contribution in [3.63, 3.8) is 0 Å². The molecule has 3 nitrogen and oxygen atoms in total. The molecule has 1 aromatic carbocycles. The number of fused-ring (bicyclic) bond motifs is 1. The van der Waals surface area contributed by atoms with Crippen LogP contribution in [-0.4, -0.2) is 15.1 Å². The highest BCUT2D eigenvalue weighted by Crippen LogP contribution is 2.33. The lowest BCUT2D eigenvalue weighted by Gasteiger charge is -1.87. The Hall–Kier alpha value is -1.24. The third-order valence-corrected chi connectivity index (χ3v) is 5.01. The minimum atomic E-state index is 0.0557. The maximum absolute atomic E-state index is 11.0. The van der Waals surface area contributed by atoms with Gasteiger partial charge >= 0.3 is 0 Å². The average molecular weight is 292 g/mol. The molecule has 0 saturated carbocycles. The summed E-state index contributed by atoms with van der Waals surface area (Å²) in [6.45, 7) is 1.55. The predicted octanol–water partition coefficient (Wildman–Crippen LogP) is 4.06. The molecule has 0 aliphatic carbocycles. The highest BCUT2D eigenvalue weighted by atomic mass is 32.2. The molecule has 0 aliphatic heterocycles. The molecule has 18 heavy (non-hydrogen) atoms. The van der Waals surface area contributed by atoms with Crippen molar-refractivity contribution in [1.82, 2.24) is 9.97 Å². The molecule has 0 unspecified atom stereocenters. The summed E-state index contributed by atoms with van der Waals surface area (Å²) in [5.74, 6) is 0. The van der Waals surface area contributed by atoms with Crippen LogP contribution in [0.1, 0.15) is 6.92 Å². The summed E-state index contributed by atoms with van der Waals surface area (Å²) in [6, 6.07) is 8.02. The Labute approximate surface area is 116 Å². The first-order valence-corrected chi connectivity index (χ1v) is 7.73. The summed E-state index contributed by atoms with van der Waals surface area (Å²) < 4.78 is 1.93. The Morgan fingerprint density at radius 1 is 1.28 bits per heavy atom. The van der Waals surface area contributed by atoms with E-state index < -0.39 is 0 Å². The van der Waals surface area contributed by atoms with Gasteiger partial charge in [0.15, 0.2) is 9.45 Å². The highest BCUT2D eigenvalue weighted by Gasteiger charge is 2.11. The van der Waals surface area contributed by atoms with Crippen LogP contribution in [0.5, 0.6) is 0 Å². The van der Waals surface area contributed by atoms with Gasteiger partial charge in [0.1, 0.15) is 10.7 Å². The van der Waals surface area contributed by atoms with Crippen LogP contribution in [0.15, 0.2) is 34.0 Å². The molecule has 0 aliphatic rings. The number of thioether (sulfide) groups is 1. The van der Waals surface area contributed by atoms with Crippen LogP contribution >= 0.6 is 34.4 Å². The van der Waals surface area contributed by atoms with Crippen molar-refractivity contribution >= 4 is 49.8 Å². The number of para-hydroxylation sites is 1. The van der Waals surface area contributed by atoms with Crippen LogP contribution < -0.4 is 0 Å². The lowest BCUT2D eigenvalue weighted by molar-refractivity contribution is -0.109. The van der Waals surface area contributed by atoms with E-state index in [4.69, 9.17) is 0 Å². The number of hydrogen-bond acceptors (Lipinski definition) is 6. The molecule has 3 aromatic rings. The van der Waals surface area contributed by atoms with E-state index in [9.17, 15) is 4.79 Å². The molecule has 90 valence electrons. The summed E-state index contributed by atoms with van der Waals surface area (Å²) in [4.78, 5) is 20.0. The number of thiazole rings is 2. The zero-order chi connectivity index (χ0) is 12.5. The van der Waals surface area contributed by atoms with Crippen molar-refractivity contribution in [2.75, 3.05) is 0 Å². The van der Waals surface area contributed by atoms with Gasteiger partial charge in [-0.15, -0.1) is 22.7 Å². The lowest BCUT2D eigenvalue weighted by Crippen LogP contribution is -1.80. The molecule has 0 amide bonds. The first-order chi connectivity index (χ1) is 8.72. The summed E-state index contributed by atoms with van der Waals surface area (Å²) in [7, 11) is 0. The first-order valence-electron chi connectivity index (χ1n) is 5.22. The SMILES string of the molecule is CC(=O)Sc1nc(-c2nc3ccccc3s2)cs1. The van der Waals surface area contributed by atoms with E-state index in [0.29, 0.717) is 0 Å². The highest BCUT2D eigenvalue weighted by molar-refractivity contribution is 8.14. The molecule has 0 radical (unpaired) electrons. The average Bonchev–Trinajstić information content (AvgIpc) is 2.93. The summed E-state index contributed by atoms with van der Waals surface area (Å²) in [6.07, 6.45) is 0. The van der Waals surface area contributed by atoms with Gasteiger partial charge < -0.3 is 0 Å². The minimum absolute atomic E-state index is 0.0557. The maximum atomic E-state index is 11.0. The van der Waals surface area contributed by atoms with E-state index in [2.05, 4.69) is 9.97 Å². The second-order valence-electron chi connectivity index (χ2n) is 3.58. The van der Waals surface area contributed by atoms with E-state index >= 15 is 0 Å². The number of nitrogens with zero attached hydrogens (tertiary/aromatic N) is 2. The van der Waals surface area contributed by atoms with Gasteiger partial charge in [0.05, 0.1) is 10.2 Å². The number of hydrogen-bond donors (Lipinski definition) is 0. The van der Waals surface area contributed by atoms with E-state index in [1.807, 2.05) is 29.6 Å². The van der Waals surface area contributed by atoms with E-state index in [1.165, 1.54) is 23.1 Å². The van der Waals surface area contributed by atoms with Crippen LogP contribution in [0.2, 0.25) is 0 Å². The van der Waals surface area contributed by atoms with Gasteiger partial charge in [-0.3, -0.25) is 4.79 Å². The molecule has 3 rings (SSSR count). The van der Waals surface area contributed by atoms with Gasteiger partial charge in [-0.25, -0.2) is 9.97 Å². The van der Waals surface area contributed by atoms with Gasteiger partial charge in [0.25, 0.3) is 0 Å². The van der Waals surface area contributed by atoms with E-state index in [-0.39, 0.29) is 5.12 Å². The topological polar surface area (TPSA) is 42.9 Å². The molecule has 6 heteroatoms. The second kappa shape index (κ2) is 4.79. The van der Waals surface area contributed by atoms with Crippen LogP contribution in [0.3, 0.4) is 0 Å². The minimum Gasteiger partial charge on any atom is -0.287 e. The number of aromatic nitrogens is 2. The van der Waals surface area contributed by atoms with Crippen LogP contribution in [-0.2, 0) is 4.79 Å². The van der Waals surface area contributed by atoms with E-state index in [1.54, 1.807) is 18.3 Å². The van der Waals surface area contributed by atoms with Gasteiger partial charge in [-0.2, -0.15) is 0 Å². The quantitative estimate of drug-likeness (QED) is 0.668. The van der Waals surface area contributed by atoms with Crippen molar-refractivity contribution in [2.24, 2.45) is 0 Å². The monoisotopic (exact) mass is 292 g/mol. The lowest BCUT2D eigenvalue weighted by atomic mass is 10.3. The van der Waals surface area contributed by atoms with Gasteiger partial charge in [-0.05, 0) is 23.9 Å². The molecular formula is C12H8N2OS3. The molecule has 0 bridgehead atoms. The third-order valence-electron chi connectivity index (χ3n) is 2.23. The molecule has 0 spiro atoms. The zero-order valence-corrected chi connectivity index (χ0v) is 11.9. The Kier molecular flexibility index (Phi) is 3.15. The van der Waals surface area contributed by atoms with Gasteiger partial charge in [-0.1, -0.05) is 12.1 Å². The van der Waals surface area contributed by atoms with Crippen molar-refractivity contribution in [3.05, 3.63) is 29.6 Å². The Balaban J connectivity index is 1.98. The fraction of sp³-hybridized carbons (Fsp3) is 0.0833. The fourth-order valence-corrected chi connectivity index (χ4v) is 4.11. The third kappa shape index (κ3) is 2.31. The zero-order valence-electron chi connectivity index (χ0n) is 9.41. The van der Waals surface area contributed by atoms with Crippen LogP contribution in [0, 0.1) is 0 Å². The molecule has 2 aromatic heterocycles. The van der Waals surface area contributed by atoms with Crippen molar-refractivity contribution in [1.29, 1.82) is 0 Å². The second-order valence-corrected chi connectivity index (χ2v) is 6.89. The summed E-state index contributed by atoms with van der Waals surface area (Å²) in [5.41, 5.74) is 1.84. The molecule has 0 saturated heterocycles.